The summed E-state index contributed by atoms with van der Waals surface area (Å²) in [5.41, 5.74) is 7.03. The fraction of sp³-hybridized carbons (Fsp3) is 0.0714. The molecule has 1 atom stereocenters. The average molecular weight is 280 g/mol. The van der Waals surface area contributed by atoms with Crippen LogP contribution in [0.3, 0.4) is 0 Å². The van der Waals surface area contributed by atoms with Crippen LogP contribution in [-0.2, 0) is 0 Å². The molecule has 0 amide bonds. The number of Topliss-reactive ketones (excluding diaryl/α,β-unsaturated/α-hetero) is 1. The molecule has 0 fully saturated rings. The number of halogens is 2. The van der Waals surface area contributed by atoms with Crippen LogP contribution in [-0.4, -0.2) is 5.78 Å². The second-order valence-electron chi connectivity index (χ2n) is 3.88. The SMILES string of the molecule is NC(C(=O)c1cc(Cl)ccc1Cl)c1ccccc1. The Kier molecular flexibility index (Phi) is 4.02. The highest BCUT2D eigenvalue weighted by Gasteiger charge is 2.20. The Bertz CT molecular complexity index is 569. The number of hydrogen-bond donors (Lipinski definition) is 1. The lowest BCUT2D eigenvalue weighted by Gasteiger charge is -2.12. The Hall–Kier alpha value is -1.35. The van der Waals surface area contributed by atoms with Crippen molar-refractivity contribution in [2.24, 2.45) is 5.73 Å². The van der Waals surface area contributed by atoms with Gasteiger partial charge < -0.3 is 5.73 Å². The quantitative estimate of drug-likeness (QED) is 0.867. The maximum absolute atomic E-state index is 12.3. The number of rotatable bonds is 3. The minimum absolute atomic E-state index is 0.242. The van der Waals surface area contributed by atoms with E-state index in [4.69, 9.17) is 28.9 Å². The van der Waals surface area contributed by atoms with Crippen molar-refractivity contribution in [1.82, 2.24) is 0 Å². The predicted molar refractivity (Wildman–Crippen MR) is 74.2 cm³/mol. The van der Waals surface area contributed by atoms with Gasteiger partial charge in [-0.3, -0.25) is 4.79 Å². The van der Waals surface area contributed by atoms with E-state index in [-0.39, 0.29) is 5.78 Å². The van der Waals surface area contributed by atoms with E-state index in [0.29, 0.717) is 15.6 Å². The Morgan fingerprint density at radius 2 is 1.72 bits per heavy atom. The monoisotopic (exact) mass is 279 g/mol. The van der Waals surface area contributed by atoms with Gasteiger partial charge in [0.25, 0.3) is 0 Å². The molecule has 1 unspecified atom stereocenters. The van der Waals surface area contributed by atoms with Crippen molar-refractivity contribution in [2.75, 3.05) is 0 Å². The Labute approximate surface area is 115 Å². The summed E-state index contributed by atoms with van der Waals surface area (Å²) >= 11 is 11.8. The third-order valence-electron chi connectivity index (χ3n) is 2.64. The predicted octanol–water partition coefficient (Wildman–Crippen LogP) is 3.88. The van der Waals surface area contributed by atoms with Gasteiger partial charge in [-0.25, -0.2) is 0 Å². The van der Waals surface area contributed by atoms with Gasteiger partial charge in [0.15, 0.2) is 5.78 Å². The van der Waals surface area contributed by atoms with Crippen LogP contribution in [0.15, 0.2) is 48.5 Å². The van der Waals surface area contributed by atoms with Crippen molar-refractivity contribution in [3.8, 4) is 0 Å². The minimum Gasteiger partial charge on any atom is -0.318 e. The number of carbonyl (C=O) groups excluding carboxylic acids is 1. The van der Waals surface area contributed by atoms with E-state index in [0.717, 1.165) is 5.56 Å². The van der Waals surface area contributed by atoms with Crippen LogP contribution < -0.4 is 5.73 Å². The fourth-order valence-electron chi connectivity index (χ4n) is 1.67. The van der Waals surface area contributed by atoms with Crippen LogP contribution in [0.25, 0.3) is 0 Å². The molecule has 2 N–H and O–H groups in total. The Balaban J connectivity index is 2.34. The molecule has 0 aliphatic heterocycles. The second-order valence-corrected chi connectivity index (χ2v) is 4.72. The molecule has 0 saturated heterocycles. The molecule has 0 aliphatic rings. The van der Waals surface area contributed by atoms with E-state index >= 15 is 0 Å². The zero-order chi connectivity index (χ0) is 13.1. The summed E-state index contributed by atoms with van der Waals surface area (Å²) in [6.45, 7) is 0. The molecule has 0 saturated carbocycles. The largest absolute Gasteiger partial charge is 0.318 e. The first kappa shape index (κ1) is 13.1. The van der Waals surface area contributed by atoms with Crippen LogP contribution in [0.5, 0.6) is 0 Å². The number of benzene rings is 2. The zero-order valence-electron chi connectivity index (χ0n) is 9.44. The van der Waals surface area contributed by atoms with Crippen LogP contribution >= 0.6 is 23.2 Å². The van der Waals surface area contributed by atoms with Crippen molar-refractivity contribution in [3.63, 3.8) is 0 Å². The molecule has 0 radical (unpaired) electrons. The molecular weight excluding hydrogens is 269 g/mol. The van der Waals surface area contributed by atoms with E-state index in [1.165, 1.54) is 6.07 Å². The summed E-state index contributed by atoms with van der Waals surface area (Å²) < 4.78 is 0. The fourth-order valence-corrected chi connectivity index (χ4v) is 2.05. The second kappa shape index (κ2) is 5.53. The molecule has 92 valence electrons. The summed E-state index contributed by atoms with van der Waals surface area (Å²) in [5.74, 6) is -0.242. The number of nitrogens with two attached hydrogens (primary N) is 1. The summed E-state index contributed by atoms with van der Waals surface area (Å²) in [6, 6.07) is 13.2. The number of carbonyl (C=O) groups is 1. The highest BCUT2D eigenvalue weighted by molar-refractivity contribution is 6.36. The third-order valence-corrected chi connectivity index (χ3v) is 3.20. The molecule has 4 heteroatoms. The van der Waals surface area contributed by atoms with Crippen molar-refractivity contribution >= 4 is 29.0 Å². The van der Waals surface area contributed by atoms with E-state index in [2.05, 4.69) is 0 Å². The van der Waals surface area contributed by atoms with Crippen LogP contribution in [0.2, 0.25) is 10.0 Å². The van der Waals surface area contributed by atoms with Gasteiger partial charge >= 0.3 is 0 Å². The van der Waals surface area contributed by atoms with Gasteiger partial charge in [0, 0.05) is 10.6 Å². The van der Waals surface area contributed by atoms with Crippen LogP contribution in [0, 0.1) is 0 Å². The maximum Gasteiger partial charge on any atom is 0.185 e. The van der Waals surface area contributed by atoms with Gasteiger partial charge in [-0.2, -0.15) is 0 Å². The first-order chi connectivity index (χ1) is 8.59. The van der Waals surface area contributed by atoms with E-state index < -0.39 is 6.04 Å². The lowest BCUT2D eigenvalue weighted by molar-refractivity contribution is 0.0961. The molecule has 0 spiro atoms. The van der Waals surface area contributed by atoms with E-state index in [9.17, 15) is 4.79 Å². The van der Waals surface area contributed by atoms with Crippen molar-refractivity contribution in [3.05, 3.63) is 69.7 Å². The summed E-state index contributed by atoms with van der Waals surface area (Å²) in [7, 11) is 0. The highest BCUT2D eigenvalue weighted by atomic mass is 35.5. The van der Waals surface area contributed by atoms with Crippen molar-refractivity contribution < 1.29 is 4.79 Å². The number of ketones is 1. The van der Waals surface area contributed by atoms with Gasteiger partial charge in [-0.1, -0.05) is 53.5 Å². The van der Waals surface area contributed by atoms with Gasteiger partial charge in [-0.15, -0.1) is 0 Å². The first-order valence-corrected chi connectivity index (χ1v) is 6.15. The van der Waals surface area contributed by atoms with Crippen LogP contribution in [0.4, 0.5) is 0 Å². The normalized spacial score (nSPS) is 12.2. The third kappa shape index (κ3) is 2.72. The standard InChI is InChI=1S/C14H11Cl2NO/c15-10-6-7-12(16)11(8-10)14(18)13(17)9-4-2-1-3-5-9/h1-8,13H,17H2. The molecule has 2 nitrogen and oxygen atoms in total. The summed E-state index contributed by atoms with van der Waals surface area (Å²) in [4.78, 5) is 12.3. The summed E-state index contributed by atoms with van der Waals surface area (Å²) in [5, 5.41) is 0.818. The molecule has 0 bridgehead atoms. The molecular formula is C14H11Cl2NO. The summed E-state index contributed by atoms with van der Waals surface area (Å²) in [6.07, 6.45) is 0. The highest BCUT2D eigenvalue weighted by Crippen LogP contribution is 2.25. The van der Waals surface area contributed by atoms with Gasteiger partial charge in [0.1, 0.15) is 0 Å². The zero-order valence-corrected chi connectivity index (χ0v) is 10.9. The van der Waals surface area contributed by atoms with Gasteiger partial charge in [0.05, 0.1) is 11.1 Å². The molecule has 18 heavy (non-hydrogen) atoms. The topological polar surface area (TPSA) is 43.1 Å². The number of hydrogen-bond acceptors (Lipinski definition) is 2. The first-order valence-electron chi connectivity index (χ1n) is 5.39. The van der Waals surface area contributed by atoms with Crippen molar-refractivity contribution in [1.29, 1.82) is 0 Å². The average Bonchev–Trinajstić information content (AvgIpc) is 2.41. The Morgan fingerprint density at radius 1 is 1.06 bits per heavy atom. The van der Waals surface area contributed by atoms with Crippen LogP contribution in [0.1, 0.15) is 22.0 Å². The van der Waals surface area contributed by atoms with Gasteiger partial charge in [0.2, 0.25) is 0 Å². The Morgan fingerprint density at radius 3 is 2.39 bits per heavy atom. The molecule has 2 rings (SSSR count). The molecule has 2 aromatic rings. The van der Waals surface area contributed by atoms with E-state index in [1.807, 2.05) is 18.2 Å². The van der Waals surface area contributed by atoms with Crippen molar-refractivity contribution in [2.45, 2.75) is 6.04 Å². The molecule has 0 heterocycles. The lowest BCUT2D eigenvalue weighted by Crippen LogP contribution is -2.21. The molecule has 0 aliphatic carbocycles. The minimum atomic E-state index is -0.734. The molecule has 2 aromatic carbocycles. The smallest absolute Gasteiger partial charge is 0.185 e. The van der Waals surface area contributed by atoms with Gasteiger partial charge in [-0.05, 0) is 23.8 Å². The molecule has 0 aromatic heterocycles. The maximum atomic E-state index is 12.3. The van der Waals surface area contributed by atoms with E-state index in [1.54, 1.807) is 24.3 Å². The lowest BCUT2D eigenvalue weighted by atomic mass is 9.98.